The van der Waals surface area contributed by atoms with Gasteiger partial charge >= 0.3 is 99.2 Å². The quantitative estimate of drug-likeness (QED) is 0.244. The zero-order valence-corrected chi connectivity index (χ0v) is 26.9. The van der Waals surface area contributed by atoms with Crippen molar-refractivity contribution in [3.05, 3.63) is 181 Å². The number of halogens is 2. The third kappa shape index (κ3) is 7.05. The van der Waals surface area contributed by atoms with Gasteiger partial charge in [0.15, 0.2) is 0 Å². The van der Waals surface area contributed by atoms with E-state index in [1.165, 1.54) is 81.7 Å². The molecule has 0 radical (unpaired) electrons. The van der Waals surface area contributed by atoms with Gasteiger partial charge in [-0.15, -0.1) is 79.5 Å². The maximum atomic E-state index is 2.24. The summed E-state index contributed by atoms with van der Waals surface area (Å²) in [5, 5.41) is 10.8. The SMILES string of the molecule is [Cl-].[Cl-].[Zr+2]=[C](c1ccccc1)c1ccccc1.c1ccc2c(c1)[cH-]c1ccccc12.c1ccc2c(c1)[cH-]c1ccccc12. The molecule has 0 amide bonds. The fourth-order valence-electron chi connectivity index (χ4n) is 5.18. The van der Waals surface area contributed by atoms with Gasteiger partial charge in [0.05, 0.1) is 0 Å². The van der Waals surface area contributed by atoms with Crippen molar-refractivity contribution in [2.45, 2.75) is 0 Å². The molecule has 0 fully saturated rings. The van der Waals surface area contributed by atoms with Gasteiger partial charge in [-0.2, -0.15) is 0 Å². The summed E-state index contributed by atoms with van der Waals surface area (Å²) in [4.78, 5) is 0. The summed E-state index contributed by atoms with van der Waals surface area (Å²) in [6.07, 6.45) is 0. The fourth-order valence-corrected chi connectivity index (χ4v) is 6.00. The van der Waals surface area contributed by atoms with Crippen molar-refractivity contribution < 1.29 is 49.0 Å². The number of rotatable bonds is 2. The summed E-state index contributed by atoms with van der Waals surface area (Å²) in [5.74, 6) is 0. The molecule has 0 spiro atoms. The summed E-state index contributed by atoms with van der Waals surface area (Å²) >= 11 is 1.46. The molecule has 0 saturated heterocycles. The molecule has 0 unspecified atom stereocenters. The molecule has 0 aliphatic carbocycles. The minimum atomic E-state index is 0. The summed E-state index contributed by atoms with van der Waals surface area (Å²) in [7, 11) is 0. The molecule has 8 rings (SSSR count). The second kappa shape index (κ2) is 15.0. The van der Waals surface area contributed by atoms with Crippen molar-refractivity contribution in [1.82, 2.24) is 0 Å². The van der Waals surface area contributed by atoms with E-state index in [1.807, 2.05) is 0 Å². The molecular weight excluding hydrogens is 631 g/mol. The summed E-state index contributed by atoms with van der Waals surface area (Å²) in [5.41, 5.74) is 2.66. The molecule has 0 nitrogen and oxygen atoms in total. The van der Waals surface area contributed by atoms with Gasteiger partial charge in [-0.1, -0.05) is 72.8 Å². The first-order chi connectivity index (χ1) is 19.8. The van der Waals surface area contributed by atoms with Crippen LogP contribution in [0.25, 0.3) is 43.1 Å². The van der Waals surface area contributed by atoms with Crippen molar-refractivity contribution in [2.24, 2.45) is 0 Å². The van der Waals surface area contributed by atoms with E-state index in [2.05, 4.69) is 170 Å². The standard InChI is InChI=1S/2C13H9.C13H10.2ClH.Zr/c2*1-3-7-12-10(5-1)9-11-6-2-4-8-13(11)12;1-3-7-12(8-4-1)11-13-9-5-2-6-10-13;;;/h2*1-9H;1-10H;2*1H;/q2*-1;;;;+2/p-2. The molecule has 0 bridgehead atoms. The Balaban J connectivity index is 0.000000141. The zero-order chi connectivity index (χ0) is 27.1. The molecule has 8 aromatic carbocycles. The van der Waals surface area contributed by atoms with E-state index in [9.17, 15) is 0 Å². The molecule has 0 heterocycles. The van der Waals surface area contributed by atoms with Gasteiger partial charge in [-0.05, 0) is 0 Å². The maximum Gasteiger partial charge on any atom is -0.0771 e. The maximum absolute atomic E-state index is 2.24. The third-order valence-electron chi connectivity index (χ3n) is 7.17. The number of hydrogen-bond donors (Lipinski definition) is 0. The van der Waals surface area contributed by atoms with Crippen LogP contribution in [0.15, 0.2) is 170 Å². The minimum absolute atomic E-state index is 0. The molecule has 0 saturated carbocycles. The van der Waals surface area contributed by atoms with Crippen LogP contribution in [0.3, 0.4) is 0 Å². The first-order valence-corrected chi connectivity index (χ1v) is 14.8. The summed E-state index contributed by atoms with van der Waals surface area (Å²) in [6, 6.07) is 59.7. The van der Waals surface area contributed by atoms with Gasteiger partial charge in [-0.25, -0.2) is 0 Å². The Hall–Kier alpha value is -3.61. The molecule has 42 heavy (non-hydrogen) atoms. The van der Waals surface area contributed by atoms with Crippen molar-refractivity contribution in [1.29, 1.82) is 0 Å². The molecule has 8 aromatic rings. The van der Waals surface area contributed by atoms with Crippen LogP contribution in [-0.4, -0.2) is 3.21 Å². The van der Waals surface area contributed by atoms with E-state index in [-0.39, 0.29) is 24.8 Å². The smallest absolute Gasteiger partial charge is 0.0771 e. The molecule has 0 aliphatic heterocycles. The van der Waals surface area contributed by atoms with Crippen LogP contribution in [0.2, 0.25) is 0 Å². The van der Waals surface area contributed by atoms with Gasteiger partial charge in [-0.3, -0.25) is 0 Å². The van der Waals surface area contributed by atoms with Gasteiger partial charge in [0, 0.05) is 0 Å². The molecular formula is C39H28Cl2Zr-2. The Morgan fingerprint density at radius 1 is 0.333 bits per heavy atom. The fraction of sp³-hybridized carbons (Fsp3) is 0. The normalized spacial score (nSPS) is 10.1. The van der Waals surface area contributed by atoms with Gasteiger partial charge in [0.2, 0.25) is 0 Å². The van der Waals surface area contributed by atoms with Crippen LogP contribution in [0.5, 0.6) is 0 Å². The molecule has 0 N–H and O–H groups in total. The number of hydrogen-bond acceptors (Lipinski definition) is 0. The largest absolute Gasteiger partial charge is 0.126 e. The van der Waals surface area contributed by atoms with E-state index < -0.39 is 0 Å². The Kier molecular flexibility index (Phi) is 11.2. The van der Waals surface area contributed by atoms with E-state index in [0.29, 0.717) is 0 Å². The third-order valence-corrected chi connectivity index (χ3v) is 8.59. The van der Waals surface area contributed by atoms with Crippen molar-refractivity contribution in [3.8, 4) is 0 Å². The van der Waals surface area contributed by atoms with E-state index in [0.717, 1.165) is 0 Å². The van der Waals surface area contributed by atoms with Gasteiger partial charge in [0.25, 0.3) is 0 Å². The Morgan fingerprint density at radius 3 is 0.857 bits per heavy atom. The van der Waals surface area contributed by atoms with Crippen LogP contribution < -0.4 is 24.8 Å². The first kappa shape index (κ1) is 31.3. The van der Waals surface area contributed by atoms with Crippen molar-refractivity contribution in [3.63, 3.8) is 0 Å². The van der Waals surface area contributed by atoms with Crippen LogP contribution >= 0.6 is 0 Å². The van der Waals surface area contributed by atoms with Crippen LogP contribution in [0.1, 0.15) is 11.1 Å². The Bertz CT molecular complexity index is 1770. The van der Waals surface area contributed by atoms with E-state index in [4.69, 9.17) is 0 Å². The average molecular weight is 659 g/mol. The molecule has 0 atom stereocenters. The molecule has 204 valence electrons. The second-order valence-corrected chi connectivity index (χ2v) is 11.0. The summed E-state index contributed by atoms with van der Waals surface area (Å²) in [6.45, 7) is 0. The monoisotopic (exact) mass is 656 g/mol. The first-order valence-electron chi connectivity index (χ1n) is 13.5. The van der Waals surface area contributed by atoms with E-state index >= 15 is 0 Å². The van der Waals surface area contributed by atoms with E-state index in [1.54, 1.807) is 0 Å². The van der Waals surface area contributed by atoms with Crippen molar-refractivity contribution >= 4 is 46.3 Å². The Morgan fingerprint density at radius 2 is 0.571 bits per heavy atom. The summed E-state index contributed by atoms with van der Waals surface area (Å²) < 4.78 is 1.42. The average Bonchev–Trinajstić information content (AvgIpc) is 3.61. The minimum Gasteiger partial charge on any atom is -0.126 e. The molecule has 0 aliphatic rings. The van der Waals surface area contributed by atoms with Gasteiger partial charge < -0.3 is 24.8 Å². The predicted octanol–water partition coefficient (Wildman–Crippen LogP) is 4.23. The van der Waals surface area contributed by atoms with Gasteiger partial charge in [0.1, 0.15) is 0 Å². The Labute approximate surface area is 274 Å². The number of fused-ring (bicyclic) bond motifs is 6. The number of benzene rings is 6. The zero-order valence-electron chi connectivity index (χ0n) is 22.9. The van der Waals surface area contributed by atoms with Crippen molar-refractivity contribution in [2.75, 3.05) is 0 Å². The molecule has 3 heteroatoms. The molecule has 0 aromatic heterocycles. The predicted molar refractivity (Wildman–Crippen MR) is 170 cm³/mol. The van der Waals surface area contributed by atoms with Crippen LogP contribution in [0.4, 0.5) is 0 Å². The van der Waals surface area contributed by atoms with Crippen LogP contribution in [0, 0.1) is 0 Å². The second-order valence-electron chi connectivity index (χ2n) is 9.74. The van der Waals surface area contributed by atoms with Crippen LogP contribution in [-0.2, 0) is 24.2 Å². The topological polar surface area (TPSA) is 0 Å².